The smallest absolute Gasteiger partial charge is 0.455 e. The third-order valence-electron chi connectivity index (χ3n) is 5.70. The number of H-pyrrole nitrogens is 1. The van der Waals surface area contributed by atoms with Crippen molar-refractivity contribution in [3.8, 4) is 0 Å². The first-order valence-electron chi connectivity index (χ1n) is 13.3. The number of hydrogen-bond acceptors (Lipinski definition) is 17. The van der Waals surface area contributed by atoms with Gasteiger partial charge in [-0.1, -0.05) is 0 Å². The van der Waals surface area contributed by atoms with Gasteiger partial charge >= 0.3 is 31.8 Å². The Morgan fingerprint density at radius 1 is 1.07 bits per heavy atom. The molecule has 0 amide bonds. The van der Waals surface area contributed by atoms with Gasteiger partial charge in [-0.3, -0.25) is 23.7 Å². The van der Waals surface area contributed by atoms with E-state index in [1.807, 2.05) is 4.98 Å². The summed E-state index contributed by atoms with van der Waals surface area (Å²) in [6.45, 7) is 3.28. The van der Waals surface area contributed by atoms with Gasteiger partial charge in [0, 0.05) is 12.3 Å². The van der Waals surface area contributed by atoms with Crippen LogP contribution in [0.3, 0.4) is 0 Å². The molecule has 256 valence electrons. The Bertz CT molecular complexity index is 1320. The molecule has 0 bridgehead atoms. The quantitative estimate of drug-likeness (QED) is 0.101. The van der Waals surface area contributed by atoms with E-state index in [9.17, 15) is 38.0 Å². The molecular formula is C24H37FN3O16P. The summed E-state index contributed by atoms with van der Waals surface area (Å²) in [5.74, 6) is -1.14. The van der Waals surface area contributed by atoms with E-state index in [1.165, 1.54) is 34.6 Å². The topological polar surface area (TPSA) is 252 Å². The number of alkyl halides is 1. The first kappa shape index (κ1) is 37.8. The second-order valence-electron chi connectivity index (χ2n) is 10.4. The molecule has 1 aromatic heterocycles. The van der Waals surface area contributed by atoms with Crippen LogP contribution >= 0.6 is 7.82 Å². The number of ether oxygens (including phenoxy) is 6. The molecule has 4 N–H and O–H groups in total. The number of phosphoric ester groups is 1. The molecule has 1 aromatic rings. The predicted molar refractivity (Wildman–Crippen MR) is 145 cm³/mol. The fraction of sp³-hybridized carbons (Fsp3) is 0.708. The van der Waals surface area contributed by atoms with Crippen LogP contribution in [0.1, 0.15) is 47.8 Å². The van der Waals surface area contributed by atoms with E-state index in [4.69, 9.17) is 38.3 Å². The number of aromatic amines is 1. The molecule has 1 saturated heterocycles. The molecule has 0 saturated carbocycles. The highest BCUT2D eigenvalue weighted by molar-refractivity contribution is 7.48. The third-order valence-corrected chi connectivity index (χ3v) is 6.99. The maximum Gasteiger partial charge on any atom is 0.510 e. The van der Waals surface area contributed by atoms with Crippen molar-refractivity contribution < 1.29 is 70.4 Å². The Kier molecular flexibility index (Phi) is 13.2. The van der Waals surface area contributed by atoms with Crippen molar-refractivity contribution in [1.29, 1.82) is 0 Å². The minimum Gasteiger partial charge on any atom is -0.455 e. The summed E-state index contributed by atoms with van der Waals surface area (Å²) in [4.78, 5) is 62.0. The summed E-state index contributed by atoms with van der Waals surface area (Å²) in [6, 6.07) is -0.377. The standard InChI is InChI=1S/C24H37FN3O16P/c1-13(2)41-21(32)36-11-39-45(35,40-12-37-22(33)42-14(3)4)38-10-24(9-25)18(43-17(30)15(5)26)23(6,34)19(44-24)28-8-7-16(29)27-20(28)31/h7-8,13-15,18-19,34H,9-12,26H2,1-6H3,(H,27,29,31). The number of hydrogen-bond donors (Lipinski definition) is 3. The minimum atomic E-state index is -5.01. The van der Waals surface area contributed by atoms with Gasteiger partial charge in [-0.2, -0.15) is 0 Å². The number of carbonyl (C=O) groups excluding carboxylic acids is 3. The monoisotopic (exact) mass is 673 g/mol. The molecule has 2 rings (SSSR count). The van der Waals surface area contributed by atoms with E-state index in [0.717, 1.165) is 19.2 Å². The molecule has 0 spiro atoms. The first-order valence-corrected chi connectivity index (χ1v) is 14.8. The van der Waals surface area contributed by atoms with Gasteiger partial charge in [0.15, 0.2) is 17.9 Å². The Morgan fingerprint density at radius 3 is 2.04 bits per heavy atom. The summed E-state index contributed by atoms with van der Waals surface area (Å²) < 4.78 is 74.0. The summed E-state index contributed by atoms with van der Waals surface area (Å²) in [7, 11) is -5.01. The lowest BCUT2D eigenvalue weighted by Crippen LogP contribution is -2.56. The number of carbonyl (C=O) groups is 3. The van der Waals surface area contributed by atoms with Crippen molar-refractivity contribution in [2.75, 3.05) is 26.9 Å². The Labute approximate surface area is 255 Å². The van der Waals surface area contributed by atoms with Crippen LogP contribution in [0.4, 0.5) is 14.0 Å². The lowest BCUT2D eigenvalue weighted by molar-refractivity contribution is -0.176. The molecule has 21 heteroatoms. The number of rotatable bonds is 15. The molecule has 5 atom stereocenters. The number of esters is 1. The lowest BCUT2D eigenvalue weighted by Gasteiger charge is -2.35. The predicted octanol–water partition coefficient (Wildman–Crippen LogP) is 0.980. The Hall–Kier alpha value is -3.39. The number of aromatic nitrogens is 2. The van der Waals surface area contributed by atoms with Crippen molar-refractivity contribution in [2.24, 2.45) is 5.73 Å². The second-order valence-corrected chi connectivity index (χ2v) is 12.0. The van der Waals surface area contributed by atoms with E-state index in [1.54, 1.807) is 0 Å². The van der Waals surface area contributed by atoms with Crippen LogP contribution in [0, 0.1) is 0 Å². The van der Waals surface area contributed by atoms with Crippen LogP contribution in [0.15, 0.2) is 21.9 Å². The highest BCUT2D eigenvalue weighted by Gasteiger charge is 2.65. The van der Waals surface area contributed by atoms with Gasteiger partial charge in [0.2, 0.25) is 13.6 Å². The summed E-state index contributed by atoms with van der Waals surface area (Å²) in [6.07, 6.45) is -6.57. The zero-order valence-electron chi connectivity index (χ0n) is 25.3. The molecule has 0 radical (unpaired) electrons. The molecule has 1 fully saturated rings. The summed E-state index contributed by atoms with van der Waals surface area (Å²) >= 11 is 0. The van der Waals surface area contributed by atoms with Crippen LogP contribution < -0.4 is 17.0 Å². The number of phosphoric acid groups is 1. The van der Waals surface area contributed by atoms with Crippen LogP contribution in [-0.4, -0.2) is 95.4 Å². The van der Waals surface area contributed by atoms with Gasteiger partial charge in [0.1, 0.15) is 18.3 Å². The van der Waals surface area contributed by atoms with Crippen LogP contribution in [-0.2, 0) is 51.4 Å². The van der Waals surface area contributed by atoms with Crippen molar-refractivity contribution in [3.05, 3.63) is 33.1 Å². The van der Waals surface area contributed by atoms with Crippen molar-refractivity contribution >= 4 is 26.1 Å². The van der Waals surface area contributed by atoms with Gasteiger partial charge in [-0.25, -0.2) is 32.4 Å². The Balaban J connectivity index is 2.42. The van der Waals surface area contributed by atoms with Gasteiger partial charge in [0.05, 0.1) is 18.8 Å². The maximum atomic E-state index is 15.0. The van der Waals surface area contributed by atoms with Gasteiger partial charge < -0.3 is 39.3 Å². The van der Waals surface area contributed by atoms with Gasteiger partial charge in [-0.05, 0) is 41.5 Å². The molecule has 19 nitrogen and oxygen atoms in total. The highest BCUT2D eigenvalue weighted by Crippen LogP contribution is 2.53. The van der Waals surface area contributed by atoms with Crippen molar-refractivity contribution in [1.82, 2.24) is 9.55 Å². The highest BCUT2D eigenvalue weighted by atomic mass is 31.2. The second kappa shape index (κ2) is 15.7. The molecule has 0 aliphatic carbocycles. The molecule has 2 heterocycles. The van der Waals surface area contributed by atoms with E-state index >= 15 is 0 Å². The molecule has 0 aromatic carbocycles. The summed E-state index contributed by atoms with van der Waals surface area (Å²) in [5, 5.41) is 11.4. The molecule has 1 aliphatic rings. The summed E-state index contributed by atoms with van der Waals surface area (Å²) in [5.41, 5.74) is -1.29. The van der Waals surface area contributed by atoms with Crippen LogP contribution in [0.25, 0.3) is 0 Å². The number of aliphatic hydroxyl groups is 1. The lowest BCUT2D eigenvalue weighted by atomic mass is 9.88. The Morgan fingerprint density at radius 2 is 1.60 bits per heavy atom. The number of nitrogens with zero attached hydrogens (tertiary/aromatic N) is 1. The van der Waals surface area contributed by atoms with Crippen LogP contribution in [0.2, 0.25) is 0 Å². The van der Waals surface area contributed by atoms with Gasteiger partial charge in [0.25, 0.3) is 5.56 Å². The third kappa shape index (κ3) is 10.3. The van der Waals surface area contributed by atoms with Crippen molar-refractivity contribution in [2.45, 2.75) is 83.3 Å². The van der Waals surface area contributed by atoms with E-state index in [2.05, 4.69) is 9.47 Å². The molecule has 45 heavy (non-hydrogen) atoms. The maximum absolute atomic E-state index is 15.0. The minimum absolute atomic E-state index is 0.590. The zero-order chi connectivity index (χ0) is 34.2. The SMILES string of the molecule is CC(C)OC(=O)OCOP(=O)(OCOC(=O)OC(C)C)OCC1(CF)OC(n2ccc(=O)[nH]c2=O)C(C)(O)C1OC(=O)C(C)N. The number of nitrogens with two attached hydrogens (primary N) is 1. The van der Waals surface area contributed by atoms with E-state index in [0.29, 0.717) is 4.57 Å². The first-order chi connectivity index (χ1) is 20.9. The van der Waals surface area contributed by atoms with E-state index in [-0.39, 0.29) is 0 Å². The van der Waals surface area contributed by atoms with Gasteiger partial charge in [-0.15, -0.1) is 0 Å². The van der Waals surface area contributed by atoms with E-state index < -0.39 is 106 Å². The fourth-order valence-corrected chi connectivity index (χ4v) is 4.71. The normalized spacial score (nSPS) is 23.9. The number of halogens is 1. The average Bonchev–Trinajstić information content (AvgIpc) is 3.13. The fourth-order valence-electron chi connectivity index (χ4n) is 3.75. The van der Waals surface area contributed by atoms with Crippen LogP contribution in [0.5, 0.6) is 0 Å². The molecule has 5 unspecified atom stereocenters. The molecule has 1 aliphatic heterocycles. The van der Waals surface area contributed by atoms with Crippen molar-refractivity contribution in [3.63, 3.8) is 0 Å². The average molecular weight is 674 g/mol. The number of nitrogens with one attached hydrogen (secondary N) is 1. The largest absolute Gasteiger partial charge is 0.510 e. The molecular weight excluding hydrogens is 636 g/mol. The zero-order valence-corrected chi connectivity index (χ0v) is 26.2.